The molecular weight excluding hydrogens is 287 g/mol. The molecule has 0 aromatic heterocycles. The minimum Gasteiger partial charge on any atom is -0.458 e. The third kappa shape index (κ3) is 4.77. The molecule has 116 valence electrons. The van der Waals surface area contributed by atoms with Crippen molar-refractivity contribution in [3.05, 3.63) is 35.1 Å². The van der Waals surface area contributed by atoms with Crippen molar-refractivity contribution in [1.29, 1.82) is 0 Å². The van der Waals surface area contributed by atoms with Crippen LogP contribution in [-0.2, 0) is 9.53 Å². The molecule has 0 heterocycles. The van der Waals surface area contributed by atoms with E-state index in [1.54, 1.807) is 20.8 Å². The monoisotopic (exact) mass is 303 g/mol. The smallest absolute Gasteiger partial charge is 0.328 e. The van der Waals surface area contributed by atoms with E-state index in [1.807, 2.05) is 0 Å². The summed E-state index contributed by atoms with van der Waals surface area (Å²) in [6.07, 6.45) is 0. The summed E-state index contributed by atoms with van der Waals surface area (Å²) in [5.74, 6) is -6.23. The van der Waals surface area contributed by atoms with Crippen molar-refractivity contribution < 1.29 is 27.5 Å². The van der Waals surface area contributed by atoms with Crippen LogP contribution >= 0.6 is 0 Å². The second kappa shape index (κ2) is 6.15. The maximum atomic E-state index is 13.0. The van der Waals surface area contributed by atoms with E-state index in [9.17, 15) is 22.8 Å². The molecule has 0 aliphatic rings. The highest BCUT2D eigenvalue weighted by Crippen LogP contribution is 2.14. The molecule has 1 rings (SSSR count). The highest BCUT2D eigenvalue weighted by atomic mass is 19.2. The van der Waals surface area contributed by atoms with Gasteiger partial charge in [0.1, 0.15) is 11.6 Å². The number of ether oxygens (including phenoxy) is 1. The van der Waals surface area contributed by atoms with Crippen LogP contribution in [0.5, 0.6) is 0 Å². The molecule has 21 heavy (non-hydrogen) atoms. The Labute approximate surface area is 120 Å². The van der Waals surface area contributed by atoms with Crippen LogP contribution in [0.1, 0.15) is 38.1 Å². The average Bonchev–Trinajstić information content (AvgIpc) is 2.32. The Morgan fingerprint density at radius 1 is 1.14 bits per heavy atom. The fourth-order valence-electron chi connectivity index (χ4n) is 1.42. The van der Waals surface area contributed by atoms with Crippen molar-refractivity contribution in [3.63, 3.8) is 0 Å². The number of hydrogen-bond donors (Lipinski definition) is 1. The van der Waals surface area contributed by atoms with Crippen LogP contribution in [0.15, 0.2) is 12.1 Å². The number of halogens is 3. The van der Waals surface area contributed by atoms with Gasteiger partial charge in [0.2, 0.25) is 0 Å². The highest BCUT2D eigenvalue weighted by molar-refractivity contribution is 5.96. The van der Waals surface area contributed by atoms with Gasteiger partial charge >= 0.3 is 5.97 Å². The van der Waals surface area contributed by atoms with Crippen LogP contribution in [0.2, 0.25) is 0 Å². The van der Waals surface area contributed by atoms with E-state index in [-0.39, 0.29) is 0 Å². The standard InChI is InChI=1S/C14H16F3NO3/c1-7(13(20)21-14(2,3)4)18-12(19)8-5-9(15)11(17)10(16)6-8/h5-7H,1-4H3,(H,18,19)/t7-/m1/s1. The number of benzene rings is 1. The van der Waals surface area contributed by atoms with Crippen molar-refractivity contribution in [2.75, 3.05) is 0 Å². The van der Waals surface area contributed by atoms with Crippen LogP contribution < -0.4 is 5.32 Å². The van der Waals surface area contributed by atoms with Crippen molar-refractivity contribution in [2.24, 2.45) is 0 Å². The summed E-state index contributed by atoms with van der Waals surface area (Å²) in [5.41, 5.74) is -1.16. The van der Waals surface area contributed by atoms with Gasteiger partial charge in [-0.25, -0.2) is 18.0 Å². The second-order valence-electron chi connectivity index (χ2n) is 5.48. The second-order valence-corrected chi connectivity index (χ2v) is 5.48. The lowest BCUT2D eigenvalue weighted by Gasteiger charge is -2.22. The molecule has 0 saturated carbocycles. The first-order chi connectivity index (χ1) is 9.51. The van der Waals surface area contributed by atoms with Gasteiger partial charge in [0.15, 0.2) is 17.5 Å². The molecule has 0 unspecified atom stereocenters. The third-order valence-electron chi connectivity index (χ3n) is 2.35. The van der Waals surface area contributed by atoms with E-state index in [2.05, 4.69) is 5.32 Å². The van der Waals surface area contributed by atoms with E-state index in [1.165, 1.54) is 6.92 Å². The number of esters is 1. The first kappa shape index (κ1) is 17.0. The SMILES string of the molecule is C[C@@H](NC(=O)c1cc(F)c(F)c(F)c1)C(=O)OC(C)(C)C. The van der Waals surface area contributed by atoms with Gasteiger partial charge in [-0.15, -0.1) is 0 Å². The molecule has 0 spiro atoms. The summed E-state index contributed by atoms with van der Waals surface area (Å²) >= 11 is 0. The molecule has 1 amide bonds. The van der Waals surface area contributed by atoms with Gasteiger partial charge in [0.05, 0.1) is 0 Å². The zero-order valence-electron chi connectivity index (χ0n) is 12.1. The molecular formula is C14H16F3NO3. The summed E-state index contributed by atoms with van der Waals surface area (Å²) in [7, 11) is 0. The van der Waals surface area contributed by atoms with Gasteiger partial charge in [-0.2, -0.15) is 0 Å². The molecule has 1 atom stereocenters. The van der Waals surface area contributed by atoms with Gasteiger partial charge in [-0.1, -0.05) is 0 Å². The molecule has 0 saturated heterocycles. The molecule has 0 aliphatic carbocycles. The lowest BCUT2D eigenvalue weighted by Crippen LogP contribution is -2.42. The summed E-state index contributed by atoms with van der Waals surface area (Å²) in [5, 5.41) is 2.22. The zero-order valence-corrected chi connectivity index (χ0v) is 12.1. The Hall–Kier alpha value is -2.05. The van der Waals surface area contributed by atoms with Gasteiger partial charge in [0, 0.05) is 5.56 Å². The first-order valence-electron chi connectivity index (χ1n) is 6.19. The van der Waals surface area contributed by atoms with Crippen LogP contribution in [0, 0.1) is 17.5 Å². The average molecular weight is 303 g/mol. The Balaban J connectivity index is 2.80. The molecule has 0 aliphatic heterocycles. The molecule has 0 fully saturated rings. The minimum absolute atomic E-state index is 0.429. The van der Waals surface area contributed by atoms with Crippen LogP contribution in [0.25, 0.3) is 0 Å². The van der Waals surface area contributed by atoms with E-state index in [0.717, 1.165) is 0 Å². The van der Waals surface area contributed by atoms with E-state index >= 15 is 0 Å². The van der Waals surface area contributed by atoms with E-state index in [4.69, 9.17) is 4.74 Å². The summed E-state index contributed by atoms with van der Waals surface area (Å²) in [6, 6.07) is 0.0818. The predicted octanol–water partition coefficient (Wildman–Crippen LogP) is 2.56. The Morgan fingerprint density at radius 2 is 1.62 bits per heavy atom. The summed E-state index contributed by atoms with van der Waals surface area (Å²) in [6.45, 7) is 6.33. The van der Waals surface area contributed by atoms with Crippen molar-refractivity contribution in [2.45, 2.75) is 39.3 Å². The van der Waals surface area contributed by atoms with E-state index < -0.39 is 46.5 Å². The molecule has 4 nitrogen and oxygen atoms in total. The van der Waals surface area contributed by atoms with Crippen molar-refractivity contribution >= 4 is 11.9 Å². The topological polar surface area (TPSA) is 55.4 Å². The number of hydrogen-bond acceptors (Lipinski definition) is 3. The molecule has 0 bridgehead atoms. The maximum absolute atomic E-state index is 13.0. The van der Waals surface area contributed by atoms with Crippen molar-refractivity contribution in [3.8, 4) is 0 Å². The molecule has 1 N–H and O–H groups in total. The van der Waals surface area contributed by atoms with Crippen LogP contribution in [0.3, 0.4) is 0 Å². The largest absolute Gasteiger partial charge is 0.458 e. The van der Waals surface area contributed by atoms with Gasteiger partial charge in [0.25, 0.3) is 5.91 Å². The molecule has 1 aromatic rings. The summed E-state index contributed by atoms with van der Waals surface area (Å²) in [4.78, 5) is 23.4. The number of amides is 1. The fraction of sp³-hybridized carbons (Fsp3) is 0.429. The Morgan fingerprint density at radius 3 is 2.05 bits per heavy atom. The number of carbonyl (C=O) groups excluding carboxylic acids is 2. The van der Waals surface area contributed by atoms with Gasteiger partial charge in [-0.3, -0.25) is 4.79 Å². The van der Waals surface area contributed by atoms with Crippen LogP contribution in [-0.4, -0.2) is 23.5 Å². The van der Waals surface area contributed by atoms with Gasteiger partial charge < -0.3 is 10.1 Å². The lowest BCUT2D eigenvalue weighted by molar-refractivity contribution is -0.156. The fourth-order valence-corrected chi connectivity index (χ4v) is 1.42. The Bertz CT molecular complexity index is 544. The number of carbonyl (C=O) groups is 2. The third-order valence-corrected chi connectivity index (χ3v) is 2.35. The normalized spacial score (nSPS) is 12.7. The first-order valence-corrected chi connectivity index (χ1v) is 6.19. The Kier molecular flexibility index (Phi) is 4.98. The molecule has 1 aromatic carbocycles. The van der Waals surface area contributed by atoms with Crippen molar-refractivity contribution in [1.82, 2.24) is 5.32 Å². The number of rotatable bonds is 3. The molecule has 7 heteroatoms. The number of nitrogens with one attached hydrogen (secondary N) is 1. The zero-order chi connectivity index (χ0) is 16.4. The molecule has 0 radical (unpaired) electrons. The van der Waals surface area contributed by atoms with E-state index in [0.29, 0.717) is 12.1 Å². The summed E-state index contributed by atoms with van der Waals surface area (Å²) < 4.78 is 43.9. The highest BCUT2D eigenvalue weighted by Gasteiger charge is 2.24. The van der Waals surface area contributed by atoms with Gasteiger partial charge in [-0.05, 0) is 39.8 Å². The maximum Gasteiger partial charge on any atom is 0.328 e. The quantitative estimate of drug-likeness (QED) is 0.689. The minimum atomic E-state index is -1.66. The lowest BCUT2D eigenvalue weighted by atomic mass is 10.1. The predicted molar refractivity (Wildman–Crippen MR) is 69.1 cm³/mol. The van der Waals surface area contributed by atoms with Crippen LogP contribution in [0.4, 0.5) is 13.2 Å².